The Morgan fingerprint density at radius 1 is 1.20 bits per heavy atom. The van der Waals surface area contributed by atoms with Gasteiger partial charge in [-0.1, -0.05) is 23.7 Å². The number of nitrogens with zero attached hydrogens (tertiary/aromatic N) is 5. The van der Waals surface area contributed by atoms with E-state index in [4.69, 9.17) is 16.3 Å². The minimum Gasteiger partial charge on any atom is -0.452 e. The first-order valence-corrected chi connectivity index (χ1v) is 7.42. The lowest BCUT2D eigenvalue weighted by Crippen LogP contribution is -2.22. The fraction of sp³-hybridized carbons (Fsp3) is 0.0667. The normalized spacial score (nSPS) is 10.3. The van der Waals surface area contributed by atoms with Crippen LogP contribution in [-0.4, -0.2) is 43.7 Å². The van der Waals surface area contributed by atoms with Crippen LogP contribution in [0.25, 0.3) is 5.69 Å². The Bertz CT molecular complexity index is 883. The van der Waals surface area contributed by atoms with Gasteiger partial charge in [0.15, 0.2) is 6.61 Å². The van der Waals surface area contributed by atoms with Crippen molar-refractivity contribution < 1.29 is 14.3 Å². The van der Waals surface area contributed by atoms with E-state index in [0.717, 1.165) is 0 Å². The minimum absolute atomic E-state index is 0.229. The van der Waals surface area contributed by atoms with Crippen molar-refractivity contribution in [2.24, 2.45) is 0 Å². The molecule has 1 N–H and O–H groups in total. The molecule has 9 nitrogen and oxygen atoms in total. The molecule has 25 heavy (non-hydrogen) atoms. The van der Waals surface area contributed by atoms with Gasteiger partial charge in [0.1, 0.15) is 12.1 Å². The lowest BCUT2D eigenvalue weighted by Gasteiger charge is -2.09. The number of nitrogens with one attached hydrogen (secondary N) is 1. The minimum atomic E-state index is -0.676. The lowest BCUT2D eigenvalue weighted by atomic mass is 10.2. The summed E-state index contributed by atoms with van der Waals surface area (Å²) in [5.74, 6) is -0.895. The number of aromatic nitrogens is 5. The zero-order valence-electron chi connectivity index (χ0n) is 12.7. The number of rotatable bonds is 5. The topological polar surface area (TPSA) is 112 Å². The number of ether oxygens (including phenoxy) is 1. The van der Waals surface area contributed by atoms with Gasteiger partial charge in [0.2, 0.25) is 0 Å². The van der Waals surface area contributed by atoms with Crippen molar-refractivity contribution >= 4 is 29.3 Å². The Labute approximate surface area is 146 Å². The molecule has 0 aliphatic rings. The number of carbonyl (C=O) groups excluding carboxylic acids is 2. The van der Waals surface area contributed by atoms with Crippen LogP contribution in [-0.2, 0) is 9.53 Å². The first-order chi connectivity index (χ1) is 12.1. The van der Waals surface area contributed by atoms with E-state index in [2.05, 4.69) is 25.8 Å². The molecule has 0 aliphatic heterocycles. The molecule has 0 radical (unpaired) electrons. The van der Waals surface area contributed by atoms with Crippen molar-refractivity contribution in [2.75, 3.05) is 11.9 Å². The molecule has 0 saturated carbocycles. The molecule has 0 unspecified atom stereocenters. The van der Waals surface area contributed by atoms with E-state index < -0.39 is 18.5 Å². The van der Waals surface area contributed by atoms with E-state index in [-0.39, 0.29) is 5.56 Å². The zero-order chi connectivity index (χ0) is 17.6. The molecule has 10 heteroatoms. The van der Waals surface area contributed by atoms with Gasteiger partial charge in [0.05, 0.1) is 16.3 Å². The molecular weight excluding hydrogens is 348 g/mol. The highest BCUT2D eigenvalue weighted by Gasteiger charge is 2.16. The smallest absolute Gasteiger partial charge is 0.340 e. The summed E-state index contributed by atoms with van der Waals surface area (Å²) in [7, 11) is 0. The monoisotopic (exact) mass is 358 g/mol. The lowest BCUT2D eigenvalue weighted by molar-refractivity contribution is -0.119. The molecule has 0 bridgehead atoms. The molecule has 0 aliphatic carbocycles. The molecule has 0 atom stereocenters. The zero-order valence-corrected chi connectivity index (χ0v) is 13.4. The van der Waals surface area contributed by atoms with Crippen LogP contribution in [0.5, 0.6) is 0 Å². The van der Waals surface area contributed by atoms with Crippen LogP contribution < -0.4 is 5.32 Å². The maximum Gasteiger partial charge on any atom is 0.340 e. The third-order valence-electron chi connectivity index (χ3n) is 3.05. The van der Waals surface area contributed by atoms with Crippen LogP contribution in [0.1, 0.15) is 10.4 Å². The highest BCUT2D eigenvalue weighted by atomic mass is 35.5. The van der Waals surface area contributed by atoms with Gasteiger partial charge in [-0.2, -0.15) is 4.68 Å². The summed E-state index contributed by atoms with van der Waals surface area (Å²) >= 11 is 5.72. The van der Waals surface area contributed by atoms with Gasteiger partial charge in [-0.15, -0.1) is 5.10 Å². The quantitative estimate of drug-likeness (QED) is 0.688. The predicted octanol–water partition coefficient (Wildman–Crippen LogP) is 1.51. The molecule has 0 spiro atoms. The molecule has 1 amide bonds. The fourth-order valence-electron chi connectivity index (χ4n) is 1.96. The average Bonchev–Trinajstić information content (AvgIpc) is 3.16. The molecule has 2 heterocycles. The number of carbonyl (C=O) groups is 2. The van der Waals surface area contributed by atoms with Gasteiger partial charge in [0.25, 0.3) is 5.91 Å². The van der Waals surface area contributed by atoms with Crippen LogP contribution >= 0.6 is 11.6 Å². The Balaban J connectivity index is 1.63. The van der Waals surface area contributed by atoms with Crippen LogP contribution in [0.3, 0.4) is 0 Å². The van der Waals surface area contributed by atoms with E-state index in [0.29, 0.717) is 16.5 Å². The maximum absolute atomic E-state index is 12.2. The largest absolute Gasteiger partial charge is 0.452 e. The van der Waals surface area contributed by atoms with Crippen molar-refractivity contribution in [1.82, 2.24) is 25.2 Å². The van der Waals surface area contributed by atoms with Crippen molar-refractivity contribution in [3.8, 4) is 5.69 Å². The van der Waals surface area contributed by atoms with Crippen LogP contribution in [0.2, 0.25) is 5.02 Å². The first kappa shape index (κ1) is 16.5. The molecule has 2 aromatic heterocycles. The van der Waals surface area contributed by atoms with E-state index in [1.54, 1.807) is 30.3 Å². The molecule has 0 fully saturated rings. The summed E-state index contributed by atoms with van der Waals surface area (Å²) in [6.07, 6.45) is 2.75. The Morgan fingerprint density at radius 2 is 2.04 bits per heavy atom. The van der Waals surface area contributed by atoms with E-state index in [1.807, 2.05) is 0 Å². The molecule has 3 aromatic rings. The summed E-state index contributed by atoms with van der Waals surface area (Å²) < 4.78 is 6.37. The second kappa shape index (κ2) is 7.49. The summed E-state index contributed by atoms with van der Waals surface area (Å²) in [5.41, 5.74) is 0.671. The van der Waals surface area contributed by atoms with Crippen LogP contribution in [0.15, 0.2) is 48.9 Å². The Kier molecular flexibility index (Phi) is 4.95. The number of benzene rings is 1. The summed E-state index contributed by atoms with van der Waals surface area (Å²) in [6.45, 7) is -0.465. The van der Waals surface area contributed by atoms with Gasteiger partial charge >= 0.3 is 5.97 Å². The third-order valence-corrected chi connectivity index (χ3v) is 3.27. The van der Waals surface area contributed by atoms with Crippen molar-refractivity contribution in [3.05, 3.63) is 59.5 Å². The van der Waals surface area contributed by atoms with E-state index in [1.165, 1.54) is 23.3 Å². The highest BCUT2D eigenvalue weighted by Crippen LogP contribution is 2.14. The number of tetrazole rings is 1. The second-order valence-electron chi connectivity index (χ2n) is 4.76. The summed E-state index contributed by atoms with van der Waals surface area (Å²) in [5, 5.41) is 13.7. The molecular formula is C15H11ClN6O3. The number of hydrogen-bond acceptors (Lipinski definition) is 7. The van der Waals surface area contributed by atoms with Crippen LogP contribution in [0.4, 0.5) is 5.82 Å². The highest BCUT2D eigenvalue weighted by molar-refractivity contribution is 6.30. The molecule has 0 saturated heterocycles. The Hall–Kier alpha value is -3.33. The standard InChI is InChI=1S/C15H11ClN6O3/c16-10-5-6-13(17-7-10)19-14(23)8-25-15(24)11-3-1-2-4-12(11)22-9-18-20-21-22/h1-7,9H,8H2,(H,17,19,23). The number of hydrogen-bond donors (Lipinski definition) is 1. The SMILES string of the molecule is O=C(COC(=O)c1ccccc1-n1cnnn1)Nc1ccc(Cl)cn1. The number of para-hydroxylation sites is 1. The van der Waals surface area contributed by atoms with Crippen molar-refractivity contribution in [1.29, 1.82) is 0 Å². The Morgan fingerprint density at radius 3 is 2.76 bits per heavy atom. The van der Waals surface area contributed by atoms with Gasteiger partial charge in [-0.25, -0.2) is 9.78 Å². The summed E-state index contributed by atoms with van der Waals surface area (Å²) in [4.78, 5) is 28.0. The van der Waals surface area contributed by atoms with Gasteiger partial charge < -0.3 is 10.1 Å². The predicted molar refractivity (Wildman–Crippen MR) is 87.3 cm³/mol. The number of esters is 1. The van der Waals surface area contributed by atoms with Crippen LogP contribution in [0, 0.1) is 0 Å². The van der Waals surface area contributed by atoms with Gasteiger partial charge in [-0.05, 0) is 34.7 Å². The molecule has 3 rings (SSSR count). The van der Waals surface area contributed by atoms with E-state index >= 15 is 0 Å². The second-order valence-corrected chi connectivity index (χ2v) is 5.19. The van der Waals surface area contributed by atoms with Crippen molar-refractivity contribution in [2.45, 2.75) is 0 Å². The van der Waals surface area contributed by atoms with Crippen molar-refractivity contribution in [3.63, 3.8) is 0 Å². The number of halogens is 1. The third kappa shape index (κ3) is 4.15. The maximum atomic E-state index is 12.2. The number of amides is 1. The average molecular weight is 359 g/mol. The van der Waals surface area contributed by atoms with Gasteiger partial charge in [-0.3, -0.25) is 4.79 Å². The number of pyridine rings is 1. The van der Waals surface area contributed by atoms with E-state index in [9.17, 15) is 9.59 Å². The molecule has 126 valence electrons. The summed E-state index contributed by atoms with van der Waals surface area (Å²) in [6, 6.07) is 9.73. The fourth-order valence-corrected chi connectivity index (χ4v) is 2.07. The molecule has 1 aromatic carbocycles. The van der Waals surface area contributed by atoms with Gasteiger partial charge in [0, 0.05) is 6.20 Å². The first-order valence-electron chi connectivity index (χ1n) is 7.04. The number of anilines is 1.